The molecule has 33 heavy (non-hydrogen) atoms. The van der Waals surface area contributed by atoms with Gasteiger partial charge in [-0.15, -0.1) is 0 Å². The summed E-state index contributed by atoms with van der Waals surface area (Å²) in [5.41, 5.74) is 2.45. The van der Waals surface area contributed by atoms with Crippen LogP contribution in [0.1, 0.15) is 56.6 Å². The number of rotatable bonds is 9. The van der Waals surface area contributed by atoms with Gasteiger partial charge in [0.15, 0.2) is 0 Å². The minimum atomic E-state index is -3.71. The zero-order valence-corrected chi connectivity index (χ0v) is 21.4. The Kier molecular flexibility index (Phi) is 9.96. The fourth-order valence-corrected chi connectivity index (χ4v) is 6.08. The van der Waals surface area contributed by atoms with Crippen molar-refractivity contribution in [3.8, 4) is 0 Å². The molecule has 1 fully saturated rings. The van der Waals surface area contributed by atoms with Gasteiger partial charge >= 0.3 is 0 Å². The predicted molar refractivity (Wildman–Crippen MR) is 136 cm³/mol. The van der Waals surface area contributed by atoms with Crippen LogP contribution in [-0.4, -0.2) is 40.1 Å². The third-order valence-electron chi connectivity index (χ3n) is 7.02. The van der Waals surface area contributed by atoms with Crippen LogP contribution < -0.4 is 0 Å². The standard InChI is InChI=1S/C28H41NO3S/c1-4-24(22-32-33(30,31)28-15-13-23(2)14-16-28)18-26-12-8-9-17-29(3)21-27(20-26)19-25-10-6-5-7-11-25/h5-7,10-11,13-16,24,26-27H,4,8-9,12,17-22H2,1-3H3. The Morgan fingerprint density at radius 2 is 1.76 bits per heavy atom. The van der Waals surface area contributed by atoms with Crippen LogP contribution in [0.3, 0.4) is 0 Å². The zero-order chi connectivity index (χ0) is 23.7. The Bertz CT molecular complexity index is 927. The average molecular weight is 472 g/mol. The van der Waals surface area contributed by atoms with Crippen molar-refractivity contribution in [1.82, 2.24) is 4.90 Å². The lowest BCUT2D eigenvalue weighted by Gasteiger charge is -2.28. The molecule has 0 spiro atoms. The SMILES string of the molecule is CCC(COS(=O)(=O)c1ccc(C)cc1)CC1CCCCN(C)CC(Cc2ccccc2)C1. The highest BCUT2D eigenvalue weighted by atomic mass is 32.2. The molecule has 3 rings (SSSR count). The van der Waals surface area contributed by atoms with Crippen molar-refractivity contribution in [1.29, 1.82) is 0 Å². The maximum atomic E-state index is 12.7. The largest absolute Gasteiger partial charge is 0.306 e. The monoisotopic (exact) mass is 471 g/mol. The molecule has 0 aliphatic carbocycles. The first-order valence-corrected chi connectivity index (χ1v) is 13.9. The average Bonchev–Trinajstić information content (AvgIpc) is 2.87. The Morgan fingerprint density at radius 3 is 2.45 bits per heavy atom. The normalized spacial score (nSPS) is 21.7. The van der Waals surface area contributed by atoms with Gasteiger partial charge < -0.3 is 4.90 Å². The molecule has 3 atom stereocenters. The molecule has 0 N–H and O–H groups in total. The molecular weight excluding hydrogens is 430 g/mol. The van der Waals surface area contributed by atoms with E-state index in [0.717, 1.165) is 37.9 Å². The first-order valence-electron chi connectivity index (χ1n) is 12.5. The van der Waals surface area contributed by atoms with Gasteiger partial charge in [0.25, 0.3) is 10.1 Å². The lowest BCUT2D eigenvalue weighted by Crippen LogP contribution is -2.28. The molecule has 0 bridgehead atoms. The number of hydrogen-bond acceptors (Lipinski definition) is 4. The molecule has 2 aromatic carbocycles. The number of benzene rings is 2. The summed E-state index contributed by atoms with van der Waals surface area (Å²) in [4.78, 5) is 2.74. The molecule has 5 heteroatoms. The summed E-state index contributed by atoms with van der Waals surface area (Å²) in [5.74, 6) is 1.49. The second-order valence-electron chi connectivity index (χ2n) is 9.98. The van der Waals surface area contributed by atoms with Crippen LogP contribution in [0, 0.1) is 24.7 Å². The van der Waals surface area contributed by atoms with Gasteiger partial charge in [0.2, 0.25) is 0 Å². The van der Waals surface area contributed by atoms with Gasteiger partial charge in [-0.1, -0.05) is 74.2 Å². The number of aryl methyl sites for hydroxylation is 1. The fraction of sp³-hybridized carbons (Fsp3) is 0.571. The molecule has 0 radical (unpaired) electrons. The van der Waals surface area contributed by atoms with E-state index >= 15 is 0 Å². The van der Waals surface area contributed by atoms with Gasteiger partial charge in [-0.25, -0.2) is 0 Å². The number of hydrogen-bond donors (Lipinski definition) is 0. The topological polar surface area (TPSA) is 46.6 Å². The van der Waals surface area contributed by atoms with Gasteiger partial charge in [0.1, 0.15) is 0 Å². The van der Waals surface area contributed by atoms with E-state index in [1.54, 1.807) is 12.1 Å². The van der Waals surface area contributed by atoms with E-state index < -0.39 is 10.1 Å². The van der Waals surface area contributed by atoms with Crippen LogP contribution in [0.4, 0.5) is 0 Å². The second kappa shape index (κ2) is 12.7. The van der Waals surface area contributed by atoms with Crippen molar-refractivity contribution in [3.63, 3.8) is 0 Å². The Balaban J connectivity index is 1.62. The minimum absolute atomic E-state index is 0.247. The van der Waals surface area contributed by atoms with Gasteiger partial charge in [0, 0.05) is 6.54 Å². The molecule has 1 aliphatic rings. The van der Waals surface area contributed by atoms with E-state index in [1.807, 2.05) is 19.1 Å². The lowest BCUT2D eigenvalue weighted by molar-refractivity contribution is 0.196. The molecule has 182 valence electrons. The number of nitrogens with zero attached hydrogens (tertiary/aromatic N) is 1. The van der Waals surface area contributed by atoms with E-state index in [-0.39, 0.29) is 17.4 Å². The van der Waals surface area contributed by atoms with Gasteiger partial charge in [-0.05, 0) is 81.6 Å². The van der Waals surface area contributed by atoms with Crippen LogP contribution in [0.25, 0.3) is 0 Å². The molecule has 4 nitrogen and oxygen atoms in total. The lowest BCUT2D eigenvalue weighted by atomic mass is 9.81. The predicted octanol–water partition coefficient (Wildman–Crippen LogP) is 6.10. The summed E-state index contributed by atoms with van der Waals surface area (Å²) in [7, 11) is -1.46. The van der Waals surface area contributed by atoms with Gasteiger partial charge in [-0.3, -0.25) is 4.18 Å². The smallest absolute Gasteiger partial charge is 0.296 e. The maximum Gasteiger partial charge on any atom is 0.296 e. The Morgan fingerprint density at radius 1 is 1.03 bits per heavy atom. The molecule has 0 saturated carbocycles. The molecule has 0 amide bonds. The zero-order valence-electron chi connectivity index (χ0n) is 20.6. The molecule has 1 heterocycles. The van der Waals surface area contributed by atoms with Crippen LogP contribution in [0.5, 0.6) is 0 Å². The summed E-state index contributed by atoms with van der Waals surface area (Å²) in [5, 5.41) is 0. The highest BCUT2D eigenvalue weighted by molar-refractivity contribution is 7.86. The third-order valence-corrected chi connectivity index (χ3v) is 8.31. The Hall–Kier alpha value is -1.69. The van der Waals surface area contributed by atoms with Crippen molar-refractivity contribution in [3.05, 3.63) is 65.7 Å². The van der Waals surface area contributed by atoms with Crippen LogP contribution in [0.15, 0.2) is 59.5 Å². The molecular formula is C28H41NO3S. The van der Waals surface area contributed by atoms with Gasteiger partial charge in [0.05, 0.1) is 11.5 Å². The summed E-state index contributed by atoms with van der Waals surface area (Å²) in [6.07, 6.45) is 7.97. The van der Waals surface area contributed by atoms with Crippen LogP contribution in [-0.2, 0) is 20.7 Å². The summed E-state index contributed by atoms with van der Waals surface area (Å²) >= 11 is 0. The summed E-state index contributed by atoms with van der Waals surface area (Å²) in [6, 6.07) is 17.7. The quantitative estimate of drug-likeness (QED) is 0.415. The van der Waals surface area contributed by atoms with E-state index in [1.165, 1.54) is 31.2 Å². The minimum Gasteiger partial charge on any atom is -0.306 e. The molecule has 3 unspecified atom stereocenters. The van der Waals surface area contributed by atoms with E-state index in [0.29, 0.717) is 11.8 Å². The van der Waals surface area contributed by atoms with Gasteiger partial charge in [-0.2, -0.15) is 8.42 Å². The first kappa shape index (κ1) is 25.9. The molecule has 0 aromatic heterocycles. The van der Waals surface area contributed by atoms with Crippen molar-refractivity contribution >= 4 is 10.1 Å². The Labute approximate surface area is 201 Å². The summed E-state index contributed by atoms with van der Waals surface area (Å²) < 4.78 is 30.9. The van der Waals surface area contributed by atoms with E-state index in [2.05, 4.69) is 49.2 Å². The van der Waals surface area contributed by atoms with E-state index in [9.17, 15) is 8.42 Å². The molecule has 2 aromatic rings. The summed E-state index contributed by atoms with van der Waals surface area (Å²) in [6.45, 7) is 6.65. The van der Waals surface area contributed by atoms with Crippen molar-refractivity contribution in [2.75, 3.05) is 26.7 Å². The van der Waals surface area contributed by atoms with Crippen molar-refractivity contribution < 1.29 is 12.6 Å². The fourth-order valence-electron chi connectivity index (χ4n) is 5.10. The molecule has 1 aliphatic heterocycles. The second-order valence-corrected chi connectivity index (χ2v) is 11.6. The van der Waals surface area contributed by atoms with Crippen LogP contribution in [0.2, 0.25) is 0 Å². The van der Waals surface area contributed by atoms with Crippen molar-refractivity contribution in [2.45, 2.75) is 63.7 Å². The van der Waals surface area contributed by atoms with Crippen molar-refractivity contribution in [2.24, 2.45) is 17.8 Å². The molecule has 1 saturated heterocycles. The highest BCUT2D eigenvalue weighted by Crippen LogP contribution is 2.31. The highest BCUT2D eigenvalue weighted by Gasteiger charge is 2.24. The third kappa shape index (κ3) is 8.55. The first-order chi connectivity index (χ1) is 15.9. The van der Waals surface area contributed by atoms with E-state index in [4.69, 9.17) is 4.18 Å². The maximum absolute atomic E-state index is 12.7. The van der Waals surface area contributed by atoms with Crippen LogP contribution >= 0.6 is 0 Å².